The minimum atomic E-state index is -0.152. The zero-order chi connectivity index (χ0) is 10.6. The molecule has 1 heterocycles. The first-order valence-electron chi connectivity index (χ1n) is 4.79. The summed E-state index contributed by atoms with van der Waals surface area (Å²) in [6, 6.07) is 0. The molecule has 0 aromatic carbocycles. The van der Waals surface area contributed by atoms with Crippen LogP contribution in [0.15, 0.2) is 12.4 Å². The molecule has 0 fully saturated rings. The van der Waals surface area contributed by atoms with Crippen LogP contribution in [0.3, 0.4) is 0 Å². The van der Waals surface area contributed by atoms with Crippen molar-refractivity contribution in [2.75, 3.05) is 6.61 Å². The first-order chi connectivity index (χ1) is 6.65. The highest BCUT2D eigenvalue weighted by Gasteiger charge is 2.14. The van der Waals surface area contributed by atoms with Crippen molar-refractivity contribution in [1.29, 1.82) is 0 Å². The van der Waals surface area contributed by atoms with Crippen molar-refractivity contribution in [3.8, 4) is 0 Å². The molecule has 78 valence electrons. The lowest BCUT2D eigenvalue weighted by atomic mass is 10.2. The maximum Gasteiger partial charge on any atom is 0.310 e. The Hall–Kier alpha value is -1.32. The van der Waals surface area contributed by atoms with Crippen LogP contribution in [0.25, 0.3) is 0 Å². The van der Waals surface area contributed by atoms with Crippen LogP contribution in [0.5, 0.6) is 0 Å². The van der Waals surface area contributed by atoms with Crippen LogP contribution in [-0.2, 0) is 16.1 Å². The quantitative estimate of drug-likeness (QED) is 0.683. The average Bonchev–Trinajstić information content (AvgIpc) is 2.52. The predicted molar refractivity (Wildman–Crippen MR) is 52.8 cm³/mol. The van der Waals surface area contributed by atoms with E-state index < -0.39 is 0 Å². The Balaban J connectivity index is 2.52. The number of nitrogens with zero attached hydrogens (tertiary/aromatic N) is 2. The summed E-state index contributed by atoms with van der Waals surface area (Å²) in [6.07, 6.45) is 3.60. The Kier molecular flexibility index (Phi) is 3.68. The Morgan fingerprint density at radius 1 is 1.71 bits per heavy atom. The van der Waals surface area contributed by atoms with E-state index in [4.69, 9.17) is 4.74 Å². The van der Waals surface area contributed by atoms with E-state index in [2.05, 4.69) is 4.98 Å². The molecule has 0 saturated carbocycles. The van der Waals surface area contributed by atoms with Gasteiger partial charge in [0.1, 0.15) is 5.82 Å². The number of carbonyl (C=O) groups is 1. The molecule has 14 heavy (non-hydrogen) atoms. The lowest BCUT2D eigenvalue weighted by Gasteiger charge is -2.11. The van der Waals surface area contributed by atoms with Gasteiger partial charge >= 0.3 is 5.97 Å². The molecule has 0 bridgehead atoms. The third-order valence-corrected chi connectivity index (χ3v) is 2.08. The van der Waals surface area contributed by atoms with Crippen molar-refractivity contribution in [3.05, 3.63) is 18.2 Å². The SMILES string of the molecule is CCOC(=O)C(C)Cn1ccnc1C. The van der Waals surface area contributed by atoms with Crippen LogP contribution in [0, 0.1) is 12.8 Å². The zero-order valence-electron chi connectivity index (χ0n) is 8.86. The number of aryl methyl sites for hydroxylation is 1. The highest BCUT2D eigenvalue weighted by atomic mass is 16.5. The van der Waals surface area contributed by atoms with Crippen LogP contribution in [0.1, 0.15) is 19.7 Å². The summed E-state index contributed by atoms with van der Waals surface area (Å²) >= 11 is 0. The highest BCUT2D eigenvalue weighted by molar-refractivity contribution is 5.71. The summed E-state index contributed by atoms with van der Waals surface area (Å²) in [7, 11) is 0. The Morgan fingerprint density at radius 2 is 2.43 bits per heavy atom. The standard InChI is InChI=1S/C10H16N2O2/c1-4-14-10(13)8(2)7-12-6-5-11-9(12)3/h5-6,8H,4,7H2,1-3H3. The molecule has 1 aromatic rings. The zero-order valence-corrected chi connectivity index (χ0v) is 8.86. The first-order valence-corrected chi connectivity index (χ1v) is 4.79. The van der Waals surface area contributed by atoms with Gasteiger partial charge in [-0.15, -0.1) is 0 Å². The maximum atomic E-state index is 11.3. The molecule has 0 radical (unpaired) electrons. The van der Waals surface area contributed by atoms with E-state index >= 15 is 0 Å². The Bertz CT molecular complexity index is 307. The van der Waals surface area contributed by atoms with Gasteiger partial charge in [-0.25, -0.2) is 4.98 Å². The minimum absolute atomic E-state index is 0.122. The molecule has 0 spiro atoms. The van der Waals surface area contributed by atoms with E-state index in [9.17, 15) is 4.79 Å². The van der Waals surface area contributed by atoms with Crippen LogP contribution < -0.4 is 0 Å². The molecule has 0 amide bonds. The third-order valence-electron chi connectivity index (χ3n) is 2.08. The van der Waals surface area contributed by atoms with Crippen LogP contribution in [0.4, 0.5) is 0 Å². The second-order valence-electron chi connectivity index (χ2n) is 3.28. The van der Waals surface area contributed by atoms with Crippen LogP contribution in [-0.4, -0.2) is 22.1 Å². The molecule has 0 saturated heterocycles. The number of esters is 1. The Morgan fingerprint density at radius 3 is 2.93 bits per heavy atom. The lowest BCUT2D eigenvalue weighted by Crippen LogP contribution is -2.20. The summed E-state index contributed by atoms with van der Waals surface area (Å²) in [4.78, 5) is 15.4. The summed E-state index contributed by atoms with van der Waals surface area (Å²) < 4.78 is 6.87. The van der Waals surface area contributed by atoms with Crippen molar-refractivity contribution >= 4 is 5.97 Å². The van der Waals surface area contributed by atoms with Gasteiger partial charge in [-0.3, -0.25) is 4.79 Å². The number of aromatic nitrogens is 2. The van der Waals surface area contributed by atoms with E-state index in [1.807, 2.05) is 31.5 Å². The van der Waals surface area contributed by atoms with E-state index in [1.165, 1.54) is 0 Å². The Labute approximate surface area is 83.9 Å². The van der Waals surface area contributed by atoms with Gasteiger partial charge in [0.2, 0.25) is 0 Å². The highest BCUT2D eigenvalue weighted by Crippen LogP contribution is 2.05. The molecule has 4 nitrogen and oxygen atoms in total. The van der Waals surface area contributed by atoms with Gasteiger partial charge in [-0.1, -0.05) is 6.92 Å². The summed E-state index contributed by atoms with van der Waals surface area (Å²) in [6.45, 7) is 6.65. The normalized spacial score (nSPS) is 12.5. The number of hydrogen-bond donors (Lipinski definition) is 0. The van der Waals surface area contributed by atoms with Gasteiger partial charge in [0, 0.05) is 18.9 Å². The van der Waals surface area contributed by atoms with E-state index in [1.54, 1.807) is 6.20 Å². The van der Waals surface area contributed by atoms with Crippen molar-refractivity contribution < 1.29 is 9.53 Å². The number of hydrogen-bond acceptors (Lipinski definition) is 3. The molecule has 1 atom stereocenters. The lowest BCUT2D eigenvalue weighted by molar-refractivity contribution is -0.147. The molecule has 0 aliphatic heterocycles. The molecular formula is C10H16N2O2. The van der Waals surface area contributed by atoms with E-state index in [0.29, 0.717) is 13.2 Å². The maximum absolute atomic E-state index is 11.3. The number of ether oxygens (including phenoxy) is 1. The topological polar surface area (TPSA) is 44.1 Å². The van der Waals surface area contributed by atoms with Gasteiger partial charge in [0.15, 0.2) is 0 Å². The second kappa shape index (κ2) is 4.79. The third kappa shape index (κ3) is 2.58. The monoisotopic (exact) mass is 196 g/mol. The molecule has 1 unspecified atom stereocenters. The molecule has 4 heteroatoms. The van der Waals surface area contributed by atoms with E-state index in [-0.39, 0.29) is 11.9 Å². The number of carbonyl (C=O) groups excluding carboxylic acids is 1. The molecule has 0 aliphatic carbocycles. The molecule has 1 aromatic heterocycles. The molecular weight excluding hydrogens is 180 g/mol. The van der Waals surface area contributed by atoms with Gasteiger partial charge < -0.3 is 9.30 Å². The summed E-state index contributed by atoms with van der Waals surface area (Å²) in [5.74, 6) is 0.643. The fourth-order valence-electron chi connectivity index (χ4n) is 1.25. The average molecular weight is 196 g/mol. The first kappa shape index (κ1) is 10.8. The van der Waals surface area contributed by atoms with Gasteiger partial charge in [0.25, 0.3) is 0 Å². The minimum Gasteiger partial charge on any atom is -0.466 e. The smallest absolute Gasteiger partial charge is 0.310 e. The fourth-order valence-corrected chi connectivity index (χ4v) is 1.25. The molecule has 0 aliphatic rings. The van der Waals surface area contributed by atoms with Crippen molar-refractivity contribution in [2.45, 2.75) is 27.3 Å². The van der Waals surface area contributed by atoms with E-state index in [0.717, 1.165) is 5.82 Å². The number of rotatable bonds is 4. The molecule has 1 rings (SSSR count). The van der Waals surface area contributed by atoms with Gasteiger partial charge in [-0.05, 0) is 13.8 Å². The van der Waals surface area contributed by atoms with Crippen LogP contribution >= 0.6 is 0 Å². The molecule has 0 N–H and O–H groups in total. The van der Waals surface area contributed by atoms with Gasteiger partial charge in [-0.2, -0.15) is 0 Å². The van der Waals surface area contributed by atoms with Crippen molar-refractivity contribution in [1.82, 2.24) is 9.55 Å². The summed E-state index contributed by atoms with van der Waals surface area (Å²) in [5, 5.41) is 0. The fraction of sp³-hybridized carbons (Fsp3) is 0.600. The second-order valence-corrected chi connectivity index (χ2v) is 3.28. The predicted octanol–water partition coefficient (Wildman–Crippen LogP) is 1.39. The van der Waals surface area contributed by atoms with Crippen molar-refractivity contribution in [3.63, 3.8) is 0 Å². The van der Waals surface area contributed by atoms with Gasteiger partial charge in [0.05, 0.1) is 12.5 Å². The van der Waals surface area contributed by atoms with Crippen molar-refractivity contribution in [2.24, 2.45) is 5.92 Å². The largest absolute Gasteiger partial charge is 0.466 e. The van der Waals surface area contributed by atoms with Crippen LogP contribution in [0.2, 0.25) is 0 Å². The number of imidazole rings is 1. The summed E-state index contributed by atoms with van der Waals surface area (Å²) in [5.41, 5.74) is 0.